The predicted octanol–water partition coefficient (Wildman–Crippen LogP) is 1.74. The molecule has 2 fully saturated rings. The normalized spacial score (nSPS) is 27.0. The summed E-state index contributed by atoms with van der Waals surface area (Å²) >= 11 is 0. The van der Waals surface area contributed by atoms with Crippen LogP contribution in [0.4, 0.5) is 0 Å². The van der Waals surface area contributed by atoms with E-state index in [-0.39, 0.29) is 17.9 Å². The number of fused-ring (bicyclic) bond motifs is 1. The molecular weight excluding hydrogens is 422 g/mol. The summed E-state index contributed by atoms with van der Waals surface area (Å²) in [6, 6.07) is 9.49. The van der Waals surface area contributed by atoms with E-state index in [4.69, 9.17) is 14.2 Å². The smallest absolute Gasteiger partial charge is 0.230 e. The van der Waals surface area contributed by atoms with E-state index in [9.17, 15) is 9.59 Å². The van der Waals surface area contributed by atoms with Gasteiger partial charge < -0.3 is 24.4 Å². The van der Waals surface area contributed by atoms with Gasteiger partial charge in [-0.15, -0.1) is 0 Å². The molecule has 1 spiro atoms. The Balaban J connectivity index is 1.24. The average Bonchev–Trinajstić information content (AvgIpc) is 3.47. The second kappa shape index (κ2) is 8.51. The highest BCUT2D eigenvalue weighted by Crippen LogP contribution is 2.52. The molecule has 2 saturated heterocycles. The lowest BCUT2D eigenvalue weighted by Gasteiger charge is -2.23. The molecule has 8 heteroatoms. The number of amides is 2. The van der Waals surface area contributed by atoms with Crippen molar-refractivity contribution in [3.63, 3.8) is 0 Å². The van der Waals surface area contributed by atoms with Crippen LogP contribution in [0.25, 0.3) is 0 Å². The third-order valence-electron chi connectivity index (χ3n) is 6.77. The molecule has 1 aromatic carbocycles. The molecule has 0 radical (unpaired) electrons. The fourth-order valence-corrected chi connectivity index (χ4v) is 5.20. The first-order valence-corrected chi connectivity index (χ1v) is 11.1. The largest absolute Gasteiger partial charge is 0.493 e. The summed E-state index contributed by atoms with van der Waals surface area (Å²) in [6.45, 7) is 1.40. The Morgan fingerprint density at radius 1 is 1.18 bits per heavy atom. The second-order valence-corrected chi connectivity index (χ2v) is 8.68. The number of ether oxygens (including phenoxy) is 3. The molecule has 1 N–H and O–H groups in total. The van der Waals surface area contributed by atoms with Crippen LogP contribution in [0.5, 0.6) is 11.5 Å². The summed E-state index contributed by atoms with van der Waals surface area (Å²) in [5.74, 6) is 0.138. The molecule has 2 aromatic rings. The molecule has 172 valence electrons. The molecule has 1 aromatic heterocycles. The molecule has 4 heterocycles. The Labute approximate surface area is 192 Å². The van der Waals surface area contributed by atoms with E-state index in [1.807, 2.05) is 42.5 Å². The van der Waals surface area contributed by atoms with Crippen molar-refractivity contribution in [2.45, 2.75) is 24.7 Å². The highest BCUT2D eigenvalue weighted by Gasteiger charge is 2.66. The predicted molar refractivity (Wildman–Crippen MR) is 120 cm³/mol. The number of nitrogens with zero attached hydrogens (tertiary/aromatic N) is 2. The number of rotatable bonds is 8. The van der Waals surface area contributed by atoms with Crippen LogP contribution in [0.3, 0.4) is 0 Å². The maximum Gasteiger partial charge on any atom is 0.230 e. The minimum Gasteiger partial charge on any atom is -0.493 e. The van der Waals surface area contributed by atoms with Gasteiger partial charge in [0.2, 0.25) is 11.8 Å². The zero-order valence-electron chi connectivity index (χ0n) is 18.7. The van der Waals surface area contributed by atoms with Crippen molar-refractivity contribution in [3.05, 3.63) is 66.0 Å². The van der Waals surface area contributed by atoms with Crippen LogP contribution in [-0.2, 0) is 27.3 Å². The number of hydrogen-bond acceptors (Lipinski definition) is 6. The molecule has 5 rings (SSSR count). The van der Waals surface area contributed by atoms with Crippen molar-refractivity contribution in [2.75, 3.05) is 27.3 Å². The molecule has 0 aliphatic carbocycles. The lowest BCUT2D eigenvalue weighted by atomic mass is 9.77. The molecule has 0 unspecified atom stereocenters. The quantitative estimate of drug-likeness (QED) is 0.618. The zero-order valence-corrected chi connectivity index (χ0v) is 18.7. The minimum absolute atomic E-state index is 0.0290. The van der Waals surface area contributed by atoms with E-state index in [0.717, 1.165) is 11.1 Å². The van der Waals surface area contributed by atoms with Crippen molar-refractivity contribution >= 4 is 11.8 Å². The van der Waals surface area contributed by atoms with Crippen molar-refractivity contribution in [1.82, 2.24) is 15.2 Å². The van der Waals surface area contributed by atoms with E-state index in [1.54, 1.807) is 31.5 Å². The molecular formula is C25H27N3O5. The Morgan fingerprint density at radius 2 is 1.97 bits per heavy atom. The third kappa shape index (κ3) is 3.74. The topological polar surface area (TPSA) is 90.0 Å². The first kappa shape index (κ1) is 21.5. The van der Waals surface area contributed by atoms with Crippen LogP contribution in [0.15, 0.2) is 54.9 Å². The van der Waals surface area contributed by atoms with Crippen molar-refractivity contribution in [1.29, 1.82) is 0 Å². The minimum atomic E-state index is -0.708. The number of methoxy groups -OCH3 is 2. The Kier molecular flexibility index (Phi) is 5.54. The van der Waals surface area contributed by atoms with Crippen LogP contribution in [0, 0.1) is 11.8 Å². The highest BCUT2D eigenvalue weighted by atomic mass is 16.5. The summed E-state index contributed by atoms with van der Waals surface area (Å²) in [7, 11) is 3.19. The van der Waals surface area contributed by atoms with Crippen LogP contribution in [0.1, 0.15) is 11.1 Å². The molecule has 0 saturated carbocycles. The lowest BCUT2D eigenvalue weighted by molar-refractivity contribution is -0.137. The summed E-state index contributed by atoms with van der Waals surface area (Å²) in [6.07, 6.45) is 7.61. The Bertz CT molecular complexity index is 1090. The van der Waals surface area contributed by atoms with Gasteiger partial charge in [-0.25, -0.2) is 0 Å². The first-order chi connectivity index (χ1) is 16.0. The maximum absolute atomic E-state index is 13.3. The second-order valence-electron chi connectivity index (χ2n) is 8.68. The number of pyridine rings is 1. The molecule has 2 amide bonds. The van der Waals surface area contributed by atoms with Crippen LogP contribution in [0.2, 0.25) is 0 Å². The zero-order chi connectivity index (χ0) is 23.0. The summed E-state index contributed by atoms with van der Waals surface area (Å²) in [5, 5.41) is 3.01. The molecule has 8 nitrogen and oxygen atoms in total. The average molecular weight is 450 g/mol. The summed E-state index contributed by atoms with van der Waals surface area (Å²) in [5.41, 5.74) is 1.32. The summed E-state index contributed by atoms with van der Waals surface area (Å²) in [4.78, 5) is 32.3. The number of carbonyl (C=O) groups excluding carboxylic acids is 2. The van der Waals surface area contributed by atoms with Gasteiger partial charge in [0.1, 0.15) is 5.60 Å². The van der Waals surface area contributed by atoms with Crippen LogP contribution in [-0.4, -0.2) is 60.7 Å². The molecule has 3 aliphatic rings. The number of aromatic nitrogens is 1. The fraction of sp³-hybridized carbons (Fsp3) is 0.400. The van der Waals surface area contributed by atoms with Gasteiger partial charge in [0.25, 0.3) is 0 Å². The Hall–Kier alpha value is -3.39. The molecule has 33 heavy (non-hydrogen) atoms. The van der Waals surface area contributed by atoms with Gasteiger partial charge in [0.05, 0.1) is 38.7 Å². The number of nitrogens with one attached hydrogen (secondary N) is 1. The highest BCUT2D eigenvalue weighted by molar-refractivity contribution is 5.93. The van der Waals surface area contributed by atoms with Gasteiger partial charge in [0, 0.05) is 25.5 Å². The van der Waals surface area contributed by atoms with Crippen LogP contribution >= 0.6 is 0 Å². The van der Waals surface area contributed by atoms with Gasteiger partial charge in [0.15, 0.2) is 11.5 Å². The van der Waals surface area contributed by atoms with E-state index in [0.29, 0.717) is 37.6 Å². The van der Waals surface area contributed by atoms with Gasteiger partial charge in [-0.3, -0.25) is 14.6 Å². The maximum atomic E-state index is 13.3. The standard InChI is InChI=1S/C25H27N3O5/c1-31-18-4-3-16(13-20(18)32-2)8-12-27-23(29)21-19-5-9-25(33-19)15-28(24(30)22(21)25)14-17-6-10-26-11-7-17/h3-7,9-11,13,19,21-22H,8,12,14-15H2,1-2H3,(H,27,29)/t19-,21+,22+,25+/m1/s1. The van der Waals surface area contributed by atoms with Gasteiger partial charge in [-0.1, -0.05) is 18.2 Å². The van der Waals surface area contributed by atoms with Gasteiger partial charge in [-0.05, 0) is 41.8 Å². The van der Waals surface area contributed by atoms with Gasteiger partial charge >= 0.3 is 0 Å². The molecule has 3 aliphatic heterocycles. The number of likely N-dealkylation sites (tertiary alicyclic amines) is 1. The number of hydrogen-bond donors (Lipinski definition) is 1. The third-order valence-corrected chi connectivity index (χ3v) is 6.77. The number of benzene rings is 1. The van der Waals surface area contributed by atoms with E-state index < -0.39 is 17.4 Å². The van der Waals surface area contributed by atoms with Gasteiger partial charge in [-0.2, -0.15) is 0 Å². The van der Waals surface area contributed by atoms with Crippen molar-refractivity contribution in [2.24, 2.45) is 11.8 Å². The number of carbonyl (C=O) groups is 2. The van der Waals surface area contributed by atoms with E-state index in [2.05, 4.69) is 10.3 Å². The monoisotopic (exact) mass is 449 g/mol. The van der Waals surface area contributed by atoms with Crippen molar-refractivity contribution < 1.29 is 23.8 Å². The summed E-state index contributed by atoms with van der Waals surface area (Å²) < 4.78 is 16.8. The molecule has 4 atom stereocenters. The van der Waals surface area contributed by atoms with Crippen LogP contribution < -0.4 is 14.8 Å². The Morgan fingerprint density at radius 3 is 2.73 bits per heavy atom. The first-order valence-electron chi connectivity index (χ1n) is 11.1. The van der Waals surface area contributed by atoms with E-state index >= 15 is 0 Å². The molecule has 2 bridgehead atoms. The SMILES string of the molecule is COc1ccc(CCNC(=O)[C@@H]2[C@H]3C(=O)N(Cc4ccncc4)C[C@@]34C=C[C@H]2O4)cc1OC. The van der Waals surface area contributed by atoms with E-state index in [1.165, 1.54) is 0 Å². The lowest BCUT2D eigenvalue weighted by Crippen LogP contribution is -2.44. The fourth-order valence-electron chi connectivity index (χ4n) is 5.20. The van der Waals surface area contributed by atoms with Crippen molar-refractivity contribution in [3.8, 4) is 11.5 Å².